The first-order valence-electron chi connectivity index (χ1n) is 4.99. The molecule has 0 radical (unpaired) electrons. The second-order valence-electron chi connectivity index (χ2n) is 3.92. The zero-order valence-corrected chi connectivity index (χ0v) is 10.7. The average molecular weight is 299 g/mol. The third kappa shape index (κ3) is 2.05. The number of halogens is 1. The lowest BCUT2D eigenvalue weighted by Gasteiger charge is -2.28. The van der Waals surface area contributed by atoms with Crippen LogP contribution < -0.4 is 5.01 Å². The van der Waals surface area contributed by atoms with Gasteiger partial charge in [0.2, 0.25) is 0 Å². The van der Waals surface area contributed by atoms with Gasteiger partial charge in [-0.05, 0) is 31.2 Å². The summed E-state index contributed by atoms with van der Waals surface area (Å²) in [5, 5.41) is 24.4. The molecule has 2 rings (SSSR count). The van der Waals surface area contributed by atoms with Gasteiger partial charge in [0, 0.05) is 16.6 Å². The van der Waals surface area contributed by atoms with Gasteiger partial charge in [-0.25, -0.2) is 9.80 Å². The van der Waals surface area contributed by atoms with Crippen LogP contribution in [0.15, 0.2) is 33.8 Å². The summed E-state index contributed by atoms with van der Waals surface area (Å²) in [6, 6.07) is 6.92. The van der Waals surface area contributed by atoms with Crippen LogP contribution in [0.5, 0.6) is 0 Å². The monoisotopic (exact) mass is 298 g/mol. The third-order valence-electron chi connectivity index (χ3n) is 2.54. The van der Waals surface area contributed by atoms with Crippen molar-refractivity contribution in [2.24, 2.45) is 5.10 Å². The Labute approximate surface area is 106 Å². The largest absolute Gasteiger partial charge is 0.478 e. The summed E-state index contributed by atoms with van der Waals surface area (Å²) >= 11 is 3.29. The number of hydrogen-bond donors (Lipinski definition) is 2. The van der Waals surface area contributed by atoms with E-state index < -0.39 is 11.7 Å². The molecule has 0 bridgehead atoms. The SMILES string of the molecule is CC1=NN(c2ccc(Br)cc2)C(O)(C(=O)O)C1. The summed E-state index contributed by atoms with van der Waals surface area (Å²) in [7, 11) is 0. The van der Waals surface area contributed by atoms with E-state index in [0.29, 0.717) is 11.4 Å². The van der Waals surface area contributed by atoms with Crippen LogP contribution in [-0.4, -0.2) is 27.6 Å². The van der Waals surface area contributed by atoms with Crippen LogP contribution in [0, 0.1) is 0 Å². The lowest BCUT2D eigenvalue weighted by molar-refractivity contribution is -0.157. The molecule has 1 atom stereocenters. The smallest absolute Gasteiger partial charge is 0.359 e. The van der Waals surface area contributed by atoms with Gasteiger partial charge in [0.1, 0.15) is 0 Å². The fourth-order valence-electron chi connectivity index (χ4n) is 1.74. The van der Waals surface area contributed by atoms with Crippen LogP contribution in [0.1, 0.15) is 13.3 Å². The summed E-state index contributed by atoms with van der Waals surface area (Å²) in [4.78, 5) is 11.1. The number of anilines is 1. The zero-order valence-electron chi connectivity index (χ0n) is 9.09. The standard InChI is InChI=1S/C11H11BrN2O3/c1-7-6-11(17,10(15)16)14(13-7)9-4-2-8(12)3-5-9/h2-5,17H,6H2,1H3,(H,15,16). The second-order valence-corrected chi connectivity index (χ2v) is 4.84. The van der Waals surface area contributed by atoms with Crippen LogP contribution >= 0.6 is 15.9 Å². The van der Waals surface area contributed by atoms with E-state index in [-0.39, 0.29) is 6.42 Å². The van der Waals surface area contributed by atoms with Gasteiger partial charge in [-0.1, -0.05) is 15.9 Å². The molecular weight excluding hydrogens is 288 g/mol. The second kappa shape index (κ2) is 4.12. The van der Waals surface area contributed by atoms with Gasteiger partial charge in [-0.2, -0.15) is 5.10 Å². The highest BCUT2D eigenvalue weighted by Crippen LogP contribution is 2.32. The van der Waals surface area contributed by atoms with Crippen LogP contribution in [0.3, 0.4) is 0 Å². The van der Waals surface area contributed by atoms with E-state index in [9.17, 15) is 9.90 Å². The topological polar surface area (TPSA) is 73.1 Å². The minimum atomic E-state index is -1.99. The molecule has 17 heavy (non-hydrogen) atoms. The molecule has 1 aromatic carbocycles. The average Bonchev–Trinajstić information content (AvgIpc) is 2.57. The van der Waals surface area contributed by atoms with Crippen LogP contribution in [0.25, 0.3) is 0 Å². The molecule has 1 heterocycles. The molecule has 0 aliphatic carbocycles. The number of carboxylic acids is 1. The van der Waals surface area contributed by atoms with Gasteiger partial charge in [-0.3, -0.25) is 0 Å². The minimum Gasteiger partial charge on any atom is -0.478 e. The number of hydrazone groups is 1. The third-order valence-corrected chi connectivity index (χ3v) is 3.07. The van der Waals surface area contributed by atoms with Crippen molar-refractivity contribution in [1.29, 1.82) is 0 Å². The van der Waals surface area contributed by atoms with Crippen molar-refractivity contribution in [3.8, 4) is 0 Å². The van der Waals surface area contributed by atoms with Crippen molar-refractivity contribution < 1.29 is 15.0 Å². The zero-order chi connectivity index (χ0) is 12.6. The molecule has 0 aromatic heterocycles. The van der Waals surface area contributed by atoms with Gasteiger partial charge in [0.05, 0.1) is 5.69 Å². The lowest BCUT2D eigenvalue weighted by Crippen LogP contribution is -2.50. The Kier molecular flexibility index (Phi) is 2.92. The molecule has 90 valence electrons. The van der Waals surface area contributed by atoms with Gasteiger partial charge in [0.25, 0.3) is 5.72 Å². The normalized spacial score (nSPS) is 23.7. The Hall–Kier alpha value is -1.40. The molecule has 0 fully saturated rings. The first-order chi connectivity index (χ1) is 7.93. The van der Waals surface area contributed by atoms with Crippen molar-refractivity contribution in [3.63, 3.8) is 0 Å². The van der Waals surface area contributed by atoms with E-state index >= 15 is 0 Å². The highest BCUT2D eigenvalue weighted by Gasteiger charge is 2.47. The fraction of sp³-hybridized carbons (Fsp3) is 0.273. The van der Waals surface area contributed by atoms with Gasteiger partial charge < -0.3 is 10.2 Å². The number of carbonyl (C=O) groups is 1. The van der Waals surface area contributed by atoms with E-state index in [4.69, 9.17) is 5.11 Å². The maximum absolute atomic E-state index is 11.1. The van der Waals surface area contributed by atoms with Gasteiger partial charge in [0.15, 0.2) is 0 Å². The van der Waals surface area contributed by atoms with Crippen LogP contribution in [0.2, 0.25) is 0 Å². The van der Waals surface area contributed by atoms with Gasteiger partial charge >= 0.3 is 5.97 Å². The predicted molar refractivity (Wildman–Crippen MR) is 66.9 cm³/mol. The van der Waals surface area contributed by atoms with Crippen LogP contribution in [0.4, 0.5) is 5.69 Å². The molecule has 6 heteroatoms. The van der Waals surface area contributed by atoms with Crippen LogP contribution in [-0.2, 0) is 4.79 Å². The maximum atomic E-state index is 11.1. The first kappa shape index (κ1) is 12.1. The van der Waals surface area contributed by atoms with Crippen molar-refractivity contribution in [2.45, 2.75) is 19.1 Å². The summed E-state index contributed by atoms with van der Waals surface area (Å²) in [6.45, 7) is 1.69. The van der Waals surface area contributed by atoms with Crippen molar-refractivity contribution in [2.75, 3.05) is 5.01 Å². The van der Waals surface area contributed by atoms with E-state index in [1.54, 1.807) is 31.2 Å². The predicted octanol–water partition coefficient (Wildman–Crippen LogP) is 1.81. The Morgan fingerprint density at radius 2 is 2.06 bits per heavy atom. The molecule has 5 nitrogen and oxygen atoms in total. The molecule has 1 aliphatic heterocycles. The first-order valence-corrected chi connectivity index (χ1v) is 5.78. The summed E-state index contributed by atoms with van der Waals surface area (Å²) in [6.07, 6.45) is -0.00159. The van der Waals surface area contributed by atoms with E-state index in [1.807, 2.05) is 0 Å². The number of carboxylic acid groups (broad SMARTS) is 1. The summed E-state index contributed by atoms with van der Waals surface area (Å²) in [5.41, 5.74) is -0.870. The van der Waals surface area contributed by atoms with E-state index in [1.165, 1.54) is 0 Å². The van der Waals surface area contributed by atoms with E-state index in [0.717, 1.165) is 9.48 Å². The van der Waals surface area contributed by atoms with Crippen molar-refractivity contribution in [1.82, 2.24) is 0 Å². The van der Waals surface area contributed by atoms with E-state index in [2.05, 4.69) is 21.0 Å². The lowest BCUT2D eigenvalue weighted by atomic mass is 10.1. The number of rotatable bonds is 2. The molecule has 2 N–H and O–H groups in total. The number of benzene rings is 1. The van der Waals surface area contributed by atoms with Gasteiger partial charge in [-0.15, -0.1) is 0 Å². The Bertz CT molecular complexity index is 486. The molecule has 0 saturated heterocycles. The summed E-state index contributed by atoms with van der Waals surface area (Å²) in [5.74, 6) is -1.30. The highest BCUT2D eigenvalue weighted by atomic mass is 79.9. The molecule has 1 unspecified atom stereocenters. The number of nitrogens with zero attached hydrogens (tertiary/aromatic N) is 2. The Balaban J connectivity index is 2.42. The van der Waals surface area contributed by atoms with Crippen molar-refractivity contribution >= 4 is 33.3 Å². The summed E-state index contributed by atoms with van der Waals surface area (Å²) < 4.78 is 0.875. The molecule has 1 aromatic rings. The Morgan fingerprint density at radius 1 is 1.47 bits per heavy atom. The fourth-order valence-corrected chi connectivity index (χ4v) is 2.00. The minimum absolute atomic E-state index is 0.00159. The number of hydrogen-bond acceptors (Lipinski definition) is 4. The molecule has 0 spiro atoms. The number of aliphatic carboxylic acids is 1. The van der Waals surface area contributed by atoms with Crippen molar-refractivity contribution in [3.05, 3.63) is 28.7 Å². The highest BCUT2D eigenvalue weighted by molar-refractivity contribution is 9.10. The molecule has 0 saturated carbocycles. The quantitative estimate of drug-likeness (QED) is 0.873. The molecule has 1 aliphatic rings. The Morgan fingerprint density at radius 3 is 2.59 bits per heavy atom. The molecule has 0 amide bonds. The molecular formula is C11H11BrN2O3. The number of aliphatic hydroxyl groups is 1. The maximum Gasteiger partial charge on any atom is 0.359 e.